The fourth-order valence-corrected chi connectivity index (χ4v) is 5.71. The van der Waals surface area contributed by atoms with Crippen LogP contribution in [0.2, 0.25) is 0 Å². The van der Waals surface area contributed by atoms with Gasteiger partial charge in [-0.1, -0.05) is 103 Å². The Bertz CT molecular complexity index is 1500. The monoisotopic (exact) mass is 498 g/mol. The second-order valence-corrected chi connectivity index (χ2v) is 10.1. The predicted octanol–water partition coefficient (Wildman–Crippen LogP) is 7.90. The van der Waals surface area contributed by atoms with E-state index in [0.29, 0.717) is 11.5 Å². The first-order chi connectivity index (χ1) is 18.7. The number of primary amides is 1. The number of hydrogen-bond donors (Lipinski definition) is 1. The number of nitrogens with two attached hydrogens (primary N) is 1. The molecule has 4 heteroatoms. The van der Waals surface area contributed by atoms with E-state index in [9.17, 15) is 4.79 Å². The molecule has 0 spiro atoms. The van der Waals surface area contributed by atoms with Gasteiger partial charge in [-0.2, -0.15) is 0 Å². The van der Waals surface area contributed by atoms with Crippen molar-refractivity contribution in [2.75, 3.05) is 0 Å². The minimum Gasteiger partial charge on any atom is -0.440 e. The molecule has 1 aromatic heterocycles. The molecule has 1 aliphatic carbocycles. The quantitative estimate of drug-likeness (QED) is 0.248. The van der Waals surface area contributed by atoms with Crippen LogP contribution in [0.5, 0.6) is 0 Å². The predicted molar refractivity (Wildman–Crippen MR) is 152 cm³/mol. The average molecular weight is 499 g/mol. The third kappa shape index (κ3) is 4.90. The number of nitrogens with zero attached hydrogens (tertiary/aromatic N) is 1. The number of carbonyl (C=O) groups is 1. The lowest BCUT2D eigenvalue weighted by atomic mass is 9.88. The number of hydrogen-bond acceptors (Lipinski definition) is 3. The first kappa shape index (κ1) is 23.9. The summed E-state index contributed by atoms with van der Waals surface area (Å²) >= 11 is 0. The molecule has 38 heavy (non-hydrogen) atoms. The molecule has 188 valence electrons. The molecule has 0 saturated heterocycles. The molecular formula is C34H30N2O2. The van der Waals surface area contributed by atoms with Crippen molar-refractivity contribution in [1.82, 2.24) is 4.98 Å². The van der Waals surface area contributed by atoms with Crippen molar-refractivity contribution in [3.05, 3.63) is 126 Å². The van der Waals surface area contributed by atoms with Crippen LogP contribution in [-0.4, -0.2) is 10.9 Å². The van der Waals surface area contributed by atoms with Gasteiger partial charge < -0.3 is 10.2 Å². The zero-order valence-corrected chi connectivity index (χ0v) is 21.2. The number of aromatic nitrogens is 1. The van der Waals surface area contributed by atoms with Crippen molar-refractivity contribution in [3.8, 4) is 33.7 Å². The van der Waals surface area contributed by atoms with E-state index in [4.69, 9.17) is 15.1 Å². The SMILES string of the molecule is NC(=O)c1cccc(-c2cccc(CC3CCCC3c3nc(-c4ccccc4)c(-c4ccccc4)o3)c2)c1. The van der Waals surface area contributed by atoms with Gasteiger partial charge in [-0.05, 0) is 54.0 Å². The van der Waals surface area contributed by atoms with E-state index in [0.717, 1.165) is 58.9 Å². The Balaban J connectivity index is 1.30. The molecule has 0 radical (unpaired) electrons. The highest BCUT2D eigenvalue weighted by atomic mass is 16.4. The highest BCUT2D eigenvalue weighted by Crippen LogP contribution is 2.44. The van der Waals surface area contributed by atoms with Gasteiger partial charge in [0.25, 0.3) is 0 Å². The Morgan fingerprint density at radius 1 is 0.763 bits per heavy atom. The van der Waals surface area contributed by atoms with E-state index in [1.165, 1.54) is 12.0 Å². The molecule has 0 bridgehead atoms. The summed E-state index contributed by atoms with van der Waals surface area (Å²) in [5.41, 5.74) is 12.4. The van der Waals surface area contributed by atoms with E-state index < -0.39 is 5.91 Å². The number of carbonyl (C=O) groups excluding carboxylic acids is 1. The van der Waals surface area contributed by atoms with Crippen molar-refractivity contribution in [2.24, 2.45) is 11.7 Å². The summed E-state index contributed by atoms with van der Waals surface area (Å²) in [6.07, 6.45) is 4.35. The maximum atomic E-state index is 11.7. The highest BCUT2D eigenvalue weighted by Gasteiger charge is 2.33. The van der Waals surface area contributed by atoms with E-state index in [2.05, 4.69) is 48.5 Å². The minimum atomic E-state index is -0.410. The Kier molecular flexibility index (Phi) is 6.62. The molecule has 2 atom stereocenters. The third-order valence-electron chi connectivity index (χ3n) is 7.61. The fourth-order valence-electron chi connectivity index (χ4n) is 5.71. The molecule has 5 aromatic rings. The number of amides is 1. The number of benzene rings is 4. The maximum Gasteiger partial charge on any atom is 0.248 e. The van der Waals surface area contributed by atoms with Gasteiger partial charge >= 0.3 is 0 Å². The molecule has 6 rings (SSSR count). The smallest absolute Gasteiger partial charge is 0.248 e. The van der Waals surface area contributed by atoms with E-state index in [-0.39, 0.29) is 5.92 Å². The van der Waals surface area contributed by atoms with Gasteiger partial charge in [-0.3, -0.25) is 4.79 Å². The van der Waals surface area contributed by atoms with E-state index >= 15 is 0 Å². The van der Waals surface area contributed by atoms with Crippen molar-refractivity contribution >= 4 is 5.91 Å². The zero-order chi connectivity index (χ0) is 25.9. The molecule has 4 nitrogen and oxygen atoms in total. The van der Waals surface area contributed by atoms with Crippen molar-refractivity contribution < 1.29 is 9.21 Å². The Hall–Kier alpha value is -4.44. The van der Waals surface area contributed by atoms with Gasteiger partial charge in [0.05, 0.1) is 0 Å². The highest BCUT2D eigenvalue weighted by molar-refractivity contribution is 5.94. The van der Waals surface area contributed by atoms with Gasteiger partial charge in [0.15, 0.2) is 11.7 Å². The van der Waals surface area contributed by atoms with Gasteiger partial charge in [-0.25, -0.2) is 4.98 Å². The van der Waals surface area contributed by atoms with E-state index in [1.54, 1.807) is 6.07 Å². The van der Waals surface area contributed by atoms with Gasteiger partial charge in [-0.15, -0.1) is 0 Å². The molecular weight excluding hydrogens is 468 g/mol. The van der Waals surface area contributed by atoms with Crippen LogP contribution in [0.1, 0.15) is 47.0 Å². The first-order valence-electron chi connectivity index (χ1n) is 13.3. The lowest BCUT2D eigenvalue weighted by Crippen LogP contribution is -2.10. The van der Waals surface area contributed by atoms with Crippen molar-refractivity contribution in [2.45, 2.75) is 31.6 Å². The second kappa shape index (κ2) is 10.5. The summed E-state index contributed by atoms with van der Waals surface area (Å²) < 4.78 is 6.58. The maximum absolute atomic E-state index is 11.7. The zero-order valence-electron chi connectivity index (χ0n) is 21.2. The first-order valence-corrected chi connectivity index (χ1v) is 13.3. The Morgan fingerprint density at radius 3 is 2.16 bits per heavy atom. The molecule has 4 aromatic carbocycles. The van der Waals surface area contributed by atoms with Crippen LogP contribution in [0.4, 0.5) is 0 Å². The minimum absolute atomic E-state index is 0.275. The van der Waals surface area contributed by atoms with Gasteiger partial charge in [0, 0.05) is 22.6 Å². The molecule has 1 aliphatic rings. The van der Waals surface area contributed by atoms with Crippen LogP contribution in [0.25, 0.3) is 33.7 Å². The van der Waals surface area contributed by atoms with Gasteiger partial charge in [0.2, 0.25) is 5.91 Å². The molecule has 2 N–H and O–H groups in total. The molecule has 2 unspecified atom stereocenters. The summed E-state index contributed by atoms with van der Waals surface area (Å²) in [6, 6.07) is 36.7. The second-order valence-electron chi connectivity index (χ2n) is 10.1. The van der Waals surface area contributed by atoms with Crippen LogP contribution < -0.4 is 5.73 Å². The van der Waals surface area contributed by atoms with Crippen LogP contribution in [0.15, 0.2) is 114 Å². The molecule has 1 heterocycles. The van der Waals surface area contributed by atoms with Crippen LogP contribution >= 0.6 is 0 Å². The summed E-state index contributed by atoms with van der Waals surface area (Å²) in [6.45, 7) is 0. The topological polar surface area (TPSA) is 69.1 Å². The summed E-state index contributed by atoms with van der Waals surface area (Å²) in [7, 11) is 0. The average Bonchev–Trinajstić information content (AvgIpc) is 3.61. The van der Waals surface area contributed by atoms with Crippen LogP contribution in [0.3, 0.4) is 0 Å². The molecule has 1 saturated carbocycles. The standard InChI is InChI=1S/C34H30N2O2/c35-33(37)29-18-8-16-27(22-29)26-15-7-10-23(20-26)21-28-17-9-19-30(28)34-36-31(24-11-3-1-4-12-24)32(38-34)25-13-5-2-6-14-25/h1-8,10-16,18,20,22,28,30H,9,17,19,21H2,(H2,35,37). The van der Waals surface area contributed by atoms with Gasteiger partial charge in [0.1, 0.15) is 5.69 Å². The molecule has 1 amide bonds. The Morgan fingerprint density at radius 2 is 1.42 bits per heavy atom. The number of rotatable bonds is 7. The largest absolute Gasteiger partial charge is 0.440 e. The van der Waals surface area contributed by atoms with Crippen LogP contribution in [-0.2, 0) is 6.42 Å². The Labute approximate surface area is 223 Å². The van der Waals surface area contributed by atoms with Crippen molar-refractivity contribution in [1.29, 1.82) is 0 Å². The summed E-state index contributed by atoms with van der Waals surface area (Å²) in [5.74, 6) is 2.00. The lowest BCUT2D eigenvalue weighted by molar-refractivity contribution is 0.100. The summed E-state index contributed by atoms with van der Waals surface area (Å²) in [5, 5.41) is 0. The fraction of sp³-hybridized carbons (Fsp3) is 0.176. The normalized spacial score (nSPS) is 16.9. The summed E-state index contributed by atoms with van der Waals surface area (Å²) in [4.78, 5) is 16.8. The lowest BCUT2D eigenvalue weighted by Gasteiger charge is -2.17. The van der Waals surface area contributed by atoms with Crippen LogP contribution in [0, 0.1) is 5.92 Å². The number of oxazole rings is 1. The van der Waals surface area contributed by atoms with Crippen molar-refractivity contribution in [3.63, 3.8) is 0 Å². The molecule has 1 fully saturated rings. The van der Waals surface area contributed by atoms with E-state index in [1.807, 2.05) is 54.6 Å². The molecule has 0 aliphatic heterocycles. The third-order valence-corrected chi connectivity index (χ3v) is 7.61.